The van der Waals surface area contributed by atoms with Crippen molar-refractivity contribution < 1.29 is 13.9 Å². The molecule has 1 atom stereocenters. The second-order valence-corrected chi connectivity index (χ2v) is 6.95. The van der Waals surface area contributed by atoms with Crippen molar-refractivity contribution in [1.82, 2.24) is 10.6 Å². The van der Waals surface area contributed by atoms with Gasteiger partial charge in [-0.2, -0.15) is 0 Å². The molecule has 1 unspecified atom stereocenters. The Balaban J connectivity index is 0.00000320. The summed E-state index contributed by atoms with van der Waals surface area (Å²) in [5, 5.41) is 6.56. The van der Waals surface area contributed by atoms with Gasteiger partial charge in [-0.1, -0.05) is 12.1 Å². The minimum absolute atomic E-state index is 0. The Morgan fingerprint density at radius 1 is 1.10 bits per heavy atom. The van der Waals surface area contributed by atoms with Crippen molar-refractivity contribution in [3.05, 3.63) is 59.9 Å². The number of nitrogens with zero attached hydrogens (tertiary/aromatic N) is 2. The van der Waals surface area contributed by atoms with Crippen LogP contribution in [-0.4, -0.2) is 52.0 Å². The fourth-order valence-corrected chi connectivity index (χ4v) is 3.08. The lowest BCUT2D eigenvalue weighted by molar-refractivity contribution is 0.122. The van der Waals surface area contributed by atoms with E-state index in [-0.39, 0.29) is 35.9 Å². The van der Waals surface area contributed by atoms with Gasteiger partial charge >= 0.3 is 0 Å². The molecule has 0 aromatic heterocycles. The molecule has 1 saturated heterocycles. The van der Waals surface area contributed by atoms with Gasteiger partial charge in [0.1, 0.15) is 17.7 Å². The first kappa shape index (κ1) is 24.2. The minimum atomic E-state index is -0.272. The standard InChI is InChI=1S/C22H29FN4O2.HI/c1-17(29-21-9-5-19(23)6-10-21)15-25-22(24-2)26-16-18-3-7-20(8-4-18)27-11-13-28-14-12-27;/h3-10,17H,11-16H2,1-2H3,(H2,24,25,26);1H. The summed E-state index contributed by atoms with van der Waals surface area (Å²) >= 11 is 0. The smallest absolute Gasteiger partial charge is 0.191 e. The predicted octanol–water partition coefficient (Wildman–Crippen LogP) is 3.41. The second kappa shape index (κ2) is 12.6. The third-order valence-electron chi connectivity index (χ3n) is 4.70. The van der Waals surface area contributed by atoms with E-state index in [1.807, 2.05) is 6.92 Å². The molecular weight excluding hydrogens is 498 g/mol. The van der Waals surface area contributed by atoms with Gasteiger partial charge in [-0.25, -0.2) is 4.39 Å². The molecule has 30 heavy (non-hydrogen) atoms. The molecule has 1 heterocycles. The van der Waals surface area contributed by atoms with E-state index in [9.17, 15) is 4.39 Å². The molecule has 8 heteroatoms. The van der Waals surface area contributed by atoms with Crippen LogP contribution in [-0.2, 0) is 11.3 Å². The molecule has 1 aliphatic rings. The molecule has 0 amide bonds. The number of hydrogen-bond acceptors (Lipinski definition) is 4. The fourth-order valence-electron chi connectivity index (χ4n) is 3.08. The average Bonchev–Trinajstić information content (AvgIpc) is 2.76. The lowest BCUT2D eigenvalue weighted by Gasteiger charge is -2.29. The number of hydrogen-bond donors (Lipinski definition) is 2. The Hall–Kier alpha value is -2.07. The van der Waals surface area contributed by atoms with E-state index in [0.29, 0.717) is 24.8 Å². The maximum atomic E-state index is 13.0. The van der Waals surface area contributed by atoms with Crippen molar-refractivity contribution in [1.29, 1.82) is 0 Å². The van der Waals surface area contributed by atoms with Crippen molar-refractivity contribution in [3.63, 3.8) is 0 Å². The summed E-state index contributed by atoms with van der Waals surface area (Å²) in [6, 6.07) is 14.6. The van der Waals surface area contributed by atoms with E-state index >= 15 is 0 Å². The molecule has 3 rings (SSSR count). The number of benzene rings is 2. The monoisotopic (exact) mass is 528 g/mol. The van der Waals surface area contributed by atoms with Gasteiger partial charge in [0, 0.05) is 32.4 Å². The van der Waals surface area contributed by atoms with Crippen LogP contribution in [0, 0.1) is 5.82 Å². The van der Waals surface area contributed by atoms with Crippen molar-refractivity contribution in [2.24, 2.45) is 4.99 Å². The van der Waals surface area contributed by atoms with Crippen LogP contribution in [0.15, 0.2) is 53.5 Å². The first-order valence-corrected chi connectivity index (χ1v) is 9.92. The summed E-state index contributed by atoms with van der Waals surface area (Å²) < 4.78 is 24.1. The SMILES string of the molecule is CN=C(NCc1ccc(N2CCOCC2)cc1)NCC(C)Oc1ccc(F)cc1.I. The highest BCUT2D eigenvalue weighted by molar-refractivity contribution is 14.0. The number of morpholine rings is 1. The zero-order chi connectivity index (χ0) is 20.5. The van der Waals surface area contributed by atoms with Gasteiger partial charge in [0.25, 0.3) is 0 Å². The molecule has 1 aliphatic heterocycles. The Labute approximate surface area is 194 Å². The van der Waals surface area contributed by atoms with Gasteiger partial charge in [0.15, 0.2) is 5.96 Å². The molecule has 0 aliphatic carbocycles. The summed E-state index contributed by atoms with van der Waals surface area (Å²) in [6.45, 7) is 6.65. The van der Waals surface area contributed by atoms with Gasteiger partial charge in [-0.05, 0) is 48.9 Å². The molecule has 2 aromatic carbocycles. The van der Waals surface area contributed by atoms with E-state index in [1.54, 1.807) is 19.2 Å². The molecule has 0 radical (unpaired) electrons. The molecule has 164 valence electrons. The van der Waals surface area contributed by atoms with Gasteiger partial charge in [-0.3, -0.25) is 4.99 Å². The molecule has 0 bridgehead atoms. The third kappa shape index (κ3) is 7.64. The van der Waals surface area contributed by atoms with Crippen LogP contribution in [0.25, 0.3) is 0 Å². The number of aliphatic imine (C=N–C) groups is 1. The molecule has 0 saturated carbocycles. The summed E-state index contributed by atoms with van der Waals surface area (Å²) in [5.74, 6) is 1.08. The first-order chi connectivity index (χ1) is 14.1. The first-order valence-electron chi connectivity index (χ1n) is 9.92. The van der Waals surface area contributed by atoms with Crippen molar-refractivity contribution >= 4 is 35.6 Å². The number of halogens is 2. The van der Waals surface area contributed by atoms with E-state index in [1.165, 1.54) is 23.4 Å². The summed E-state index contributed by atoms with van der Waals surface area (Å²) in [4.78, 5) is 6.59. The van der Waals surface area contributed by atoms with Gasteiger partial charge in [0.05, 0.1) is 19.8 Å². The number of ether oxygens (including phenoxy) is 2. The Bertz CT molecular complexity index is 781. The number of nitrogens with one attached hydrogen (secondary N) is 2. The molecule has 1 fully saturated rings. The van der Waals surface area contributed by atoms with Crippen LogP contribution in [0.1, 0.15) is 12.5 Å². The molecule has 0 spiro atoms. The van der Waals surface area contributed by atoms with Crippen LogP contribution in [0.2, 0.25) is 0 Å². The van der Waals surface area contributed by atoms with Crippen LogP contribution in [0.4, 0.5) is 10.1 Å². The Kier molecular flexibility index (Phi) is 10.2. The van der Waals surface area contributed by atoms with E-state index in [0.717, 1.165) is 26.3 Å². The van der Waals surface area contributed by atoms with Crippen molar-refractivity contribution in [2.75, 3.05) is 44.8 Å². The maximum absolute atomic E-state index is 13.0. The van der Waals surface area contributed by atoms with Crippen LogP contribution < -0.4 is 20.3 Å². The fraction of sp³-hybridized carbons (Fsp3) is 0.409. The highest BCUT2D eigenvalue weighted by atomic mass is 127. The quantitative estimate of drug-likeness (QED) is 0.328. The normalized spacial score (nSPS) is 15.2. The van der Waals surface area contributed by atoms with Crippen LogP contribution in [0.5, 0.6) is 5.75 Å². The lowest BCUT2D eigenvalue weighted by Crippen LogP contribution is -2.41. The number of anilines is 1. The van der Waals surface area contributed by atoms with Gasteiger partial charge < -0.3 is 25.0 Å². The van der Waals surface area contributed by atoms with E-state index < -0.39 is 0 Å². The molecule has 2 aromatic rings. The van der Waals surface area contributed by atoms with Crippen molar-refractivity contribution in [2.45, 2.75) is 19.6 Å². The highest BCUT2D eigenvalue weighted by Gasteiger charge is 2.11. The Morgan fingerprint density at radius 2 is 1.77 bits per heavy atom. The zero-order valence-corrected chi connectivity index (χ0v) is 19.8. The topological polar surface area (TPSA) is 58.1 Å². The van der Waals surface area contributed by atoms with E-state index in [4.69, 9.17) is 9.47 Å². The number of rotatable bonds is 7. The maximum Gasteiger partial charge on any atom is 0.191 e. The Morgan fingerprint density at radius 3 is 2.40 bits per heavy atom. The van der Waals surface area contributed by atoms with Gasteiger partial charge in [0.2, 0.25) is 0 Å². The third-order valence-corrected chi connectivity index (χ3v) is 4.70. The largest absolute Gasteiger partial charge is 0.489 e. The van der Waals surface area contributed by atoms with Crippen LogP contribution >= 0.6 is 24.0 Å². The minimum Gasteiger partial charge on any atom is -0.489 e. The second-order valence-electron chi connectivity index (χ2n) is 6.95. The van der Waals surface area contributed by atoms with Crippen LogP contribution in [0.3, 0.4) is 0 Å². The average molecular weight is 528 g/mol. The number of guanidine groups is 1. The highest BCUT2D eigenvalue weighted by Crippen LogP contribution is 2.16. The zero-order valence-electron chi connectivity index (χ0n) is 17.4. The summed E-state index contributed by atoms with van der Waals surface area (Å²) in [5.41, 5.74) is 2.41. The van der Waals surface area contributed by atoms with Crippen molar-refractivity contribution in [3.8, 4) is 5.75 Å². The lowest BCUT2D eigenvalue weighted by atomic mass is 10.2. The molecule has 2 N–H and O–H groups in total. The predicted molar refractivity (Wildman–Crippen MR) is 130 cm³/mol. The molecule has 6 nitrogen and oxygen atoms in total. The molecular formula is C22H30FIN4O2. The van der Waals surface area contributed by atoms with E-state index in [2.05, 4.69) is 44.8 Å². The summed E-state index contributed by atoms with van der Waals surface area (Å²) in [7, 11) is 1.74. The summed E-state index contributed by atoms with van der Waals surface area (Å²) in [6.07, 6.45) is -0.0909. The van der Waals surface area contributed by atoms with Gasteiger partial charge in [-0.15, -0.1) is 24.0 Å².